The normalized spacial score (nSPS) is 19.1. The molecule has 6 N–H and O–H groups in total. The van der Waals surface area contributed by atoms with Crippen molar-refractivity contribution in [3.63, 3.8) is 0 Å². The highest BCUT2D eigenvalue weighted by molar-refractivity contribution is 9.11. The second kappa shape index (κ2) is 29.0. The fourth-order valence-corrected chi connectivity index (χ4v) is 13.2. The van der Waals surface area contributed by atoms with Gasteiger partial charge in [0.2, 0.25) is 0 Å². The average Bonchev–Trinajstić information content (AvgIpc) is 1.82. The van der Waals surface area contributed by atoms with E-state index < -0.39 is 16.6 Å². The highest BCUT2D eigenvalue weighted by Crippen LogP contribution is 2.39. The molecule has 462 valence electrons. The van der Waals surface area contributed by atoms with E-state index in [1.807, 2.05) is 84.9 Å². The predicted octanol–water partition coefficient (Wildman–Crippen LogP) is 12.6. The van der Waals surface area contributed by atoms with E-state index in [0.717, 1.165) is 107 Å². The van der Waals surface area contributed by atoms with E-state index in [0.29, 0.717) is 40.1 Å². The van der Waals surface area contributed by atoms with Crippen LogP contribution in [0, 0.1) is 16.0 Å². The lowest BCUT2D eigenvalue weighted by atomic mass is 9.86. The number of imidazole rings is 2. The number of amides is 5. The lowest BCUT2D eigenvalue weighted by Gasteiger charge is -2.31. The Morgan fingerprint density at radius 3 is 1.62 bits per heavy atom. The molecule has 5 aromatic heterocycles. The van der Waals surface area contributed by atoms with E-state index in [1.54, 1.807) is 59.4 Å². The van der Waals surface area contributed by atoms with E-state index in [9.17, 15) is 34.1 Å². The average molecular weight is 1280 g/mol. The lowest BCUT2D eigenvalue weighted by Crippen LogP contribution is -2.43. The number of hydrogen-bond acceptors (Lipinski definition) is 14. The maximum Gasteiger partial charge on any atom is 0.407 e. The van der Waals surface area contributed by atoms with Gasteiger partial charge in [-0.05, 0) is 192 Å². The second-order valence-corrected chi connectivity index (χ2v) is 26.0. The first kappa shape index (κ1) is 63.9. The van der Waals surface area contributed by atoms with Gasteiger partial charge < -0.3 is 45.8 Å². The zero-order valence-electron chi connectivity index (χ0n) is 50.6. The molecule has 3 aromatic carbocycles. The summed E-state index contributed by atoms with van der Waals surface area (Å²) in [6, 6.07) is 31.8. The Kier molecular flexibility index (Phi) is 21.0. The van der Waals surface area contributed by atoms with Crippen LogP contribution < -0.4 is 31.9 Å². The molecular formula is C65H76BrN13O8S. The molecule has 0 spiro atoms. The number of nitrogens with zero attached hydrogens (tertiary/aromatic N) is 7. The number of fused-ring (bicyclic) bond motifs is 2. The van der Waals surface area contributed by atoms with Crippen LogP contribution in [0.2, 0.25) is 0 Å². The SMILES string of the molecule is CNC(=O)c1ccc(NC2CCCC(NC(=O)OC(C)(C)C)C2)c([N+](=O)[O-])c1.CNC(=O)c1ccc2c(c1)nc(-c1ccccn1)n2C1CCCC(C)C1.CNC(=O)c1ccc2c(c1)nc(-c1ccccn1)n2C1CCCC(NC(=O)c2ccc(Br)s2)C1. The van der Waals surface area contributed by atoms with E-state index in [-0.39, 0.29) is 59.0 Å². The number of anilines is 1. The van der Waals surface area contributed by atoms with Crippen LogP contribution in [0.25, 0.3) is 45.1 Å². The van der Waals surface area contributed by atoms with Crippen molar-refractivity contribution in [1.82, 2.24) is 55.7 Å². The van der Waals surface area contributed by atoms with Crippen LogP contribution in [-0.4, -0.2) is 109 Å². The minimum Gasteiger partial charge on any atom is -0.444 e. The first-order chi connectivity index (χ1) is 42.3. The van der Waals surface area contributed by atoms with E-state index in [2.05, 4.69) is 73.9 Å². The number of nitro benzene ring substituents is 1. The Bertz CT molecular complexity index is 3790. The number of aromatic nitrogens is 6. The van der Waals surface area contributed by atoms with Crippen molar-refractivity contribution < 1.29 is 33.6 Å². The molecular weight excluding hydrogens is 1200 g/mol. The molecule has 8 aromatic rings. The molecule has 23 heteroatoms. The van der Waals surface area contributed by atoms with Gasteiger partial charge in [0.15, 0.2) is 11.6 Å². The number of pyridine rings is 2. The summed E-state index contributed by atoms with van der Waals surface area (Å²) < 4.78 is 10.8. The Hall–Kier alpha value is -8.57. The van der Waals surface area contributed by atoms with Crippen molar-refractivity contribution in [3.8, 4) is 23.0 Å². The largest absolute Gasteiger partial charge is 0.444 e. The van der Waals surface area contributed by atoms with Crippen LogP contribution >= 0.6 is 27.3 Å². The molecule has 3 aliphatic rings. The fraction of sp³-hybridized carbons (Fsp3) is 0.400. The Labute approximate surface area is 523 Å². The van der Waals surface area contributed by atoms with E-state index >= 15 is 0 Å². The monoisotopic (exact) mass is 1280 g/mol. The molecule has 3 fully saturated rings. The Morgan fingerprint density at radius 1 is 0.614 bits per heavy atom. The number of halogens is 1. The standard InChI is InChI=1S/C25H24BrN5O2S.C21H24N4O.C19H28N4O5/c1-27-24(32)15-8-9-20-19(13-15)30-23(18-7-2-3-12-28-18)31(20)17-6-4-5-16(14-17)29-25(33)21-10-11-22(26)34-21;1-14-6-5-7-16(12-14)25-19-10-9-15(21(26)22-2)13-18(19)24-20(25)17-8-3-4-11-23-17;1-19(2,3)28-18(25)22-14-7-5-6-13(11-14)21-15-9-8-12(17(24)20-4)10-16(15)23(26)27/h2-3,7-13,16-17H,4-6,14H2,1H3,(H,27,32)(H,29,33);3-4,8-11,13-14,16H,5-7,12H2,1-2H3,(H,22,26);8-10,13-14,21H,5-7,11H2,1-4H3,(H,20,24)(H,22,25). The minimum atomic E-state index is -0.566. The highest BCUT2D eigenvalue weighted by atomic mass is 79.9. The van der Waals surface area contributed by atoms with Gasteiger partial charge in [-0.3, -0.25) is 39.3 Å². The van der Waals surface area contributed by atoms with Gasteiger partial charge in [-0.25, -0.2) is 14.8 Å². The van der Waals surface area contributed by atoms with Gasteiger partial charge in [-0.2, -0.15) is 0 Å². The molecule has 3 saturated carbocycles. The third-order valence-corrected chi connectivity index (χ3v) is 17.6. The first-order valence-electron chi connectivity index (χ1n) is 29.9. The molecule has 5 heterocycles. The number of ether oxygens (including phenoxy) is 1. The number of nitro groups is 1. The number of rotatable bonds is 13. The summed E-state index contributed by atoms with van der Waals surface area (Å²) in [4.78, 5) is 91.2. The van der Waals surface area contributed by atoms with Crippen LogP contribution in [0.15, 0.2) is 119 Å². The molecule has 6 atom stereocenters. The summed E-state index contributed by atoms with van der Waals surface area (Å²) in [6.07, 6.45) is 14.9. The molecule has 5 amide bonds. The Balaban J connectivity index is 0.000000159. The van der Waals surface area contributed by atoms with Gasteiger partial charge in [0, 0.05) is 86.5 Å². The van der Waals surface area contributed by atoms with Crippen molar-refractivity contribution >= 4 is 90.4 Å². The summed E-state index contributed by atoms with van der Waals surface area (Å²) in [5, 5.41) is 28.5. The Morgan fingerprint density at radius 2 is 1.12 bits per heavy atom. The van der Waals surface area contributed by atoms with Crippen molar-refractivity contribution in [2.24, 2.45) is 5.92 Å². The highest BCUT2D eigenvalue weighted by Gasteiger charge is 2.31. The summed E-state index contributed by atoms with van der Waals surface area (Å²) in [6.45, 7) is 7.74. The number of carbonyl (C=O) groups excluding carboxylic acids is 5. The quantitative estimate of drug-likeness (QED) is 0.0464. The van der Waals surface area contributed by atoms with E-state index in [4.69, 9.17) is 14.7 Å². The van der Waals surface area contributed by atoms with Gasteiger partial charge in [-0.1, -0.05) is 31.9 Å². The van der Waals surface area contributed by atoms with Crippen LogP contribution in [0.4, 0.5) is 16.2 Å². The summed E-state index contributed by atoms with van der Waals surface area (Å²) >= 11 is 4.87. The number of carbonyl (C=O) groups is 5. The van der Waals surface area contributed by atoms with Crippen LogP contribution in [0.3, 0.4) is 0 Å². The summed E-state index contributed by atoms with van der Waals surface area (Å²) in [5.74, 6) is 1.75. The zero-order valence-corrected chi connectivity index (χ0v) is 53.0. The van der Waals surface area contributed by atoms with Crippen molar-refractivity contribution in [1.29, 1.82) is 0 Å². The minimum absolute atomic E-state index is 0.0294. The van der Waals surface area contributed by atoms with Crippen LogP contribution in [0.5, 0.6) is 0 Å². The molecule has 0 saturated heterocycles. The van der Waals surface area contributed by atoms with Crippen molar-refractivity contribution in [2.75, 3.05) is 26.5 Å². The second-order valence-electron chi connectivity index (χ2n) is 23.5. The number of alkyl carbamates (subject to hydrolysis) is 1. The lowest BCUT2D eigenvalue weighted by molar-refractivity contribution is -0.384. The van der Waals surface area contributed by atoms with Gasteiger partial charge in [0.05, 0.1) is 35.7 Å². The number of benzene rings is 3. The summed E-state index contributed by atoms with van der Waals surface area (Å²) in [7, 11) is 4.74. The third-order valence-electron chi connectivity index (χ3n) is 16.0. The molecule has 0 bridgehead atoms. The fourth-order valence-electron chi connectivity index (χ4n) is 12.0. The maximum absolute atomic E-state index is 12.8. The molecule has 11 rings (SSSR count). The topological polar surface area (TPSA) is 271 Å². The van der Waals surface area contributed by atoms with Gasteiger partial charge in [0.25, 0.3) is 29.3 Å². The molecule has 6 unspecified atom stereocenters. The number of hydrogen-bond donors (Lipinski definition) is 6. The van der Waals surface area contributed by atoms with Crippen LogP contribution in [0.1, 0.15) is 158 Å². The predicted molar refractivity (Wildman–Crippen MR) is 346 cm³/mol. The summed E-state index contributed by atoms with van der Waals surface area (Å²) in [5.41, 5.74) is 6.40. The molecule has 0 aliphatic heterocycles. The number of thiophene rings is 1. The molecule has 0 radical (unpaired) electrons. The van der Waals surface area contributed by atoms with Gasteiger partial charge in [-0.15, -0.1) is 11.3 Å². The number of nitrogens with one attached hydrogen (secondary N) is 6. The first-order valence-corrected chi connectivity index (χ1v) is 31.5. The van der Waals surface area contributed by atoms with Gasteiger partial charge >= 0.3 is 6.09 Å². The zero-order chi connectivity index (χ0) is 62.6. The third kappa shape index (κ3) is 15.9. The van der Waals surface area contributed by atoms with Crippen LogP contribution in [-0.2, 0) is 4.74 Å². The van der Waals surface area contributed by atoms with Crippen molar-refractivity contribution in [2.45, 2.75) is 141 Å². The van der Waals surface area contributed by atoms with Gasteiger partial charge in [0.1, 0.15) is 22.7 Å². The maximum atomic E-state index is 12.8. The van der Waals surface area contributed by atoms with Crippen molar-refractivity contribution in [3.05, 3.63) is 151 Å². The molecule has 3 aliphatic carbocycles. The molecule has 21 nitrogen and oxygen atoms in total. The smallest absolute Gasteiger partial charge is 0.407 e. The van der Waals surface area contributed by atoms with E-state index in [1.165, 1.54) is 37.3 Å². The molecule has 88 heavy (non-hydrogen) atoms.